The van der Waals surface area contributed by atoms with Crippen LogP contribution < -0.4 is 20.3 Å². The fourth-order valence-corrected chi connectivity index (χ4v) is 7.20. The van der Waals surface area contributed by atoms with Gasteiger partial charge in [0.2, 0.25) is 0 Å². The Kier molecular flexibility index (Phi) is 11.5. The molecule has 4 rings (SSSR count). The van der Waals surface area contributed by atoms with E-state index in [1.54, 1.807) is 16.4 Å². The van der Waals surface area contributed by atoms with Gasteiger partial charge in [0.15, 0.2) is 0 Å². The molecule has 0 spiro atoms. The van der Waals surface area contributed by atoms with Crippen molar-refractivity contribution in [2.45, 2.75) is 57.7 Å². The van der Waals surface area contributed by atoms with Gasteiger partial charge in [-0.15, -0.1) is 10.8 Å². The summed E-state index contributed by atoms with van der Waals surface area (Å²) in [6.07, 6.45) is 1.96. The fourth-order valence-electron chi connectivity index (χ4n) is 5.33. The Balaban J connectivity index is 1.56. The molecule has 1 unspecified atom stereocenters. The molecule has 10 heteroatoms. The maximum atomic E-state index is 13.7. The number of rotatable bonds is 13. The Bertz CT molecular complexity index is 1310. The largest absolute Gasteiger partial charge is 0.390 e. The number of nitrogens with one attached hydrogen (secondary N) is 3. The number of halogens is 1. The van der Waals surface area contributed by atoms with Gasteiger partial charge in [-0.2, -0.15) is 0 Å². The first kappa shape index (κ1) is 32.1. The lowest BCUT2D eigenvalue weighted by molar-refractivity contribution is 0.0824. The Hall–Kier alpha value is -2.79. The van der Waals surface area contributed by atoms with E-state index in [4.69, 9.17) is 11.6 Å². The number of aliphatic hydroxyl groups excluding tert-OH is 1. The highest BCUT2D eigenvalue weighted by molar-refractivity contribution is 8.25. The van der Waals surface area contributed by atoms with Crippen LogP contribution in [0.4, 0.5) is 11.4 Å². The molecule has 0 bridgehead atoms. The van der Waals surface area contributed by atoms with E-state index in [9.17, 15) is 19.0 Å². The number of anilines is 2. The zero-order valence-corrected chi connectivity index (χ0v) is 25.9. The number of nitrogens with zero attached hydrogens (tertiary/aromatic N) is 1. The molecule has 0 aromatic heterocycles. The monoisotopic (exact) mass is 614 g/mol. The zero-order chi connectivity index (χ0) is 30.1. The first-order chi connectivity index (χ1) is 20.2. The van der Waals surface area contributed by atoms with Crippen molar-refractivity contribution < 1.29 is 19.0 Å². The van der Waals surface area contributed by atoms with E-state index in [-0.39, 0.29) is 18.5 Å². The van der Waals surface area contributed by atoms with Gasteiger partial charge in [0.05, 0.1) is 23.6 Å². The lowest BCUT2D eigenvalue weighted by Crippen LogP contribution is -2.49. The molecular formula is C32H43ClN4O4S. The third-order valence-electron chi connectivity index (χ3n) is 7.54. The molecule has 0 saturated carbocycles. The first-order valence-corrected chi connectivity index (χ1v) is 16.7. The molecule has 1 fully saturated rings. The van der Waals surface area contributed by atoms with Gasteiger partial charge in [0, 0.05) is 41.9 Å². The molecule has 1 aliphatic rings. The van der Waals surface area contributed by atoms with Gasteiger partial charge >= 0.3 is 0 Å². The van der Waals surface area contributed by atoms with Crippen molar-refractivity contribution in [1.29, 1.82) is 0 Å². The van der Waals surface area contributed by atoms with Crippen molar-refractivity contribution in [3.8, 4) is 0 Å². The standard InChI is InChI=1S/C32H43ClN4O4S/c1-3-29(24-13-10-14-26(33)18-24)35-22-31(38)30(17-23-11-6-5-7-12-23)36-32(39)25-19-27(34-4-2)21-28(20-25)37-15-8-9-16-42(37,40)41/h5-7,10-14,18-21,29-31,34-35,38,40-41H,3-4,8-9,15-17,22H2,1-2H3,(H,36,39)/t29?,30-,31-/m0/s1. The highest BCUT2D eigenvalue weighted by Gasteiger charge is 2.29. The molecule has 8 nitrogen and oxygen atoms in total. The molecular weight excluding hydrogens is 572 g/mol. The molecule has 0 aliphatic carbocycles. The number of hydrogen-bond donors (Lipinski definition) is 6. The van der Waals surface area contributed by atoms with E-state index in [0.717, 1.165) is 36.1 Å². The van der Waals surface area contributed by atoms with Gasteiger partial charge in [-0.1, -0.05) is 61.0 Å². The second-order valence-corrected chi connectivity index (χ2v) is 13.3. The van der Waals surface area contributed by atoms with Crippen LogP contribution in [0, 0.1) is 0 Å². The molecule has 0 radical (unpaired) electrons. The van der Waals surface area contributed by atoms with Crippen LogP contribution in [-0.2, 0) is 6.42 Å². The van der Waals surface area contributed by atoms with Crippen LogP contribution >= 0.6 is 22.4 Å². The third kappa shape index (κ3) is 8.63. The highest BCUT2D eigenvalue weighted by Crippen LogP contribution is 2.50. The van der Waals surface area contributed by atoms with Crippen molar-refractivity contribution in [2.24, 2.45) is 0 Å². The maximum absolute atomic E-state index is 13.7. The SMILES string of the molecule is CCNc1cc(C(=O)N[C@@H](Cc2ccccc2)[C@@H](O)CNC(CC)c2cccc(Cl)c2)cc(N2CCCCS2(O)O)c1. The summed E-state index contributed by atoms with van der Waals surface area (Å²) >= 11 is 6.21. The molecule has 3 aromatic rings. The second kappa shape index (κ2) is 15.1. The van der Waals surface area contributed by atoms with Crippen molar-refractivity contribution in [1.82, 2.24) is 10.6 Å². The molecule has 228 valence electrons. The zero-order valence-electron chi connectivity index (χ0n) is 24.3. The first-order valence-electron chi connectivity index (χ1n) is 14.6. The predicted octanol–water partition coefficient (Wildman–Crippen LogP) is 6.48. The molecule has 3 aromatic carbocycles. The Morgan fingerprint density at radius 3 is 2.50 bits per heavy atom. The summed E-state index contributed by atoms with van der Waals surface area (Å²) in [6.45, 7) is 5.45. The third-order valence-corrected chi connectivity index (χ3v) is 9.71. The normalized spacial score (nSPS) is 17.6. The fraction of sp³-hybridized carbons (Fsp3) is 0.406. The maximum Gasteiger partial charge on any atom is 0.251 e. The second-order valence-electron chi connectivity index (χ2n) is 10.7. The van der Waals surface area contributed by atoms with Crippen molar-refractivity contribution in [3.05, 3.63) is 94.5 Å². The van der Waals surface area contributed by atoms with E-state index in [2.05, 4.69) is 22.9 Å². The van der Waals surface area contributed by atoms with Gasteiger partial charge < -0.3 is 21.1 Å². The van der Waals surface area contributed by atoms with Crippen LogP contribution in [0.5, 0.6) is 0 Å². The quantitative estimate of drug-likeness (QED) is 0.130. The number of carbonyl (C=O) groups excluding carboxylic acids is 1. The molecule has 1 amide bonds. The van der Waals surface area contributed by atoms with Crippen LogP contribution in [0.15, 0.2) is 72.8 Å². The minimum atomic E-state index is -2.95. The van der Waals surface area contributed by atoms with Gasteiger partial charge in [-0.3, -0.25) is 18.2 Å². The average molecular weight is 615 g/mol. The average Bonchev–Trinajstić information content (AvgIpc) is 2.97. The highest BCUT2D eigenvalue weighted by atomic mass is 35.5. The van der Waals surface area contributed by atoms with Gasteiger partial charge in [-0.25, -0.2) is 0 Å². The summed E-state index contributed by atoms with van der Waals surface area (Å²) < 4.78 is 23.1. The molecule has 6 N–H and O–H groups in total. The lowest BCUT2D eigenvalue weighted by Gasteiger charge is -2.47. The van der Waals surface area contributed by atoms with Crippen LogP contribution in [0.25, 0.3) is 0 Å². The molecule has 3 atom stereocenters. The summed E-state index contributed by atoms with van der Waals surface area (Å²) in [6, 6.07) is 22.2. The van der Waals surface area contributed by atoms with Crippen LogP contribution in [-0.4, -0.2) is 57.7 Å². The summed E-state index contributed by atoms with van der Waals surface area (Å²) in [5, 5.41) is 21.8. The molecule has 1 aliphatic heterocycles. The van der Waals surface area contributed by atoms with E-state index in [1.165, 1.54) is 0 Å². The number of carbonyl (C=O) groups is 1. The Morgan fingerprint density at radius 1 is 1.02 bits per heavy atom. The minimum Gasteiger partial charge on any atom is -0.390 e. The van der Waals surface area contributed by atoms with E-state index in [1.807, 2.05) is 67.6 Å². The smallest absolute Gasteiger partial charge is 0.251 e. The number of amides is 1. The summed E-state index contributed by atoms with van der Waals surface area (Å²) in [4.78, 5) is 13.7. The number of hydrogen-bond acceptors (Lipinski definition) is 7. The van der Waals surface area contributed by atoms with Crippen molar-refractivity contribution in [2.75, 3.05) is 35.0 Å². The van der Waals surface area contributed by atoms with Crippen LogP contribution in [0.3, 0.4) is 0 Å². The topological polar surface area (TPSA) is 117 Å². The lowest BCUT2D eigenvalue weighted by atomic mass is 9.99. The van der Waals surface area contributed by atoms with Crippen molar-refractivity contribution in [3.63, 3.8) is 0 Å². The summed E-state index contributed by atoms with van der Waals surface area (Å²) in [5.74, 6) is -0.0296. The van der Waals surface area contributed by atoms with E-state index >= 15 is 0 Å². The molecule has 42 heavy (non-hydrogen) atoms. The Labute approximate surface area is 256 Å². The van der Waals surface area contributed by atoms with E-state index < -0.39 is 22.9 Å². The van der Waals surface area contributed by atoms with Crippen LogP contribution in [0.1, 0.15) is 60.6 Å². The van der Waals surface area contributed by atoms with Gasteiger partial charge in [0.25, 0.3) is 5.91 Å². The minimum absolute atomic E-state index is 0.00458. The molecule has 1 heterocycles. The Morgan fingerprint density at radius 2 is 1.81 bits per heavy atom. The number of aliphatic hydroxyl groups is 1. The number of benzene rings is 3. The van der Waals surface area contributed by atoms with Crippen LogP contribution in [0.2, 0.25) is 5.02 Å². The summed E-state index contributed by atoms with van der Waals surface area (Å²) in [5.41, 5.74) is 3.72. The predicted molar refractivity (Wildman–Crippen MR) is 175 cm³/mol. The summed E-state index contributed by atoms with van der Waals surface area (Å²) in [7, 11) is -2.95. The van der Waals surface area contributed by atoms with Gasteiger partial charge in [0.1, 0.15) is 0 Å². The van der Waals surface area contributed by atoms with E-state index in [0.29, 0.717) is 41.5 Å². The van der Waals surface area contributed by atoms with Gasteiger partial charge in [-0.05, 0) is 74.1 Å². The van der Waals surface area contributed by atoms with Crippen molar-refractivity contribution >= 4 is 39.7 Å². The molecule has 1 saturated heterocycles.